The fourth-order valence-electron chi connectivity index (χ4n) is 1.24. The summed E-state index contributed by atoms with van der Waals surface area (Å²) in [5.74, 6) is 0. The van der Waals surface area contributed by atoms with Crippen molar-refractivity contribution in [2.75, 3.05) is 11.9 Å². The summed E-state index contributed by atoms with van der Waals surface area (Å²) in [4.78, 5) is 0. The number of halogens is 1. The van der Waals surface area contributed by atoms with E-state index in [1.807, 2.05) is 0 Å². The summed E-state index contributed by atoms with van der Waals surface area (Å²) < 4.78 is 0. The molecule has 1 nitrogen and oxygen atoms in total. The van der Waals surface area contributed by atoms with Crippen LogP contribution in [0.3, 0.4) is 0 Å². The first-order chi connectivity index (χ1) is 6.34. The number of alkyl halides is 1. The molecular weight excluding hydrogens is 226 g/mol. The Morgan fingerprint density at radius 2 is 2.00 bits per heavy atom. The molecule has 0 aliphatic heterocycles. The van der Waals surface area contributed by atoms with E-state index in [1.165, 1.54) is 12.0 Å². The smallest absolute Gasteiger partial charge is 0.0291 e. The molecule has 1 rings (SSSR count). The van der Waals surface area contributed by atoms with Crippen molar-refractivity contribution in [1.82, 2.24) is 5.32 Å². The van der Waals surface area contributed by atoms with Crippen molar-refractivity contribution < 1.29 is 0 Å². The zero-order chi connectivity index (χ0) is 9.52. The van der Waals surface area contributed by atoms with Crippen LogP contribution in [0.2, 0.25) is 0 Å². The van der Waals surface area contributed by atoms with Gasteiger partial charge in [-0.15, -0.1) is 0 Å². The van der Waals surface area contributed by atoms with E-state index in [4.69, 9.17) is 0 Å². The van der Waals surface area contributed by atoms with Gasteiger partial charge in [0.15, 0.2) is 0 Å². The Bertz CT molecular complexity index is 223. The van der Waals surface area contributed by atoms with Gasteiger partial charge < -0.3 is 5.32 Å². The first-order valence-corrected chi connectivity index (χ1v) is 5.81. The van der Waals surface area contributed by atoms with Crippen molar-refractivity contribution >= 4 is 15.9 Å². The zero-order valence-electron chi connectivity index (χ0n) is 7.96. The van der Waals surface area contributed by atoms with Gasteiger partial charge in [-0.2, -0.15) is 0 Å². The molecule has 0 aliphatic carbocycles. The van der Waals surface area contributed by atoms with Crippen molar-refractivity contribution in [3.05, 3.63) is 35.9 Å². The van der Waals surface area contributed by atoms with E-state index in [9.17, 15) is 0 Å². The summed E-state index contributed by atoms with van der Waals surface area (Å²) >= 11 is 3.42. The van der Waals surface area contributed by atoms with Crippen molar-refractivity contribution in [3.63, 3.8) is 0 Å². The lowest BCUT2D eigenvalue weighted by Gasteiger charge is -2.13. The van der Waals surface area contributed by atoms with Crippen LogP contribution < -0.4 is 5.32 Å². The first kappa shape index (κ1) is 10.7. The van der Waals surface area contributed by atoms with E-state index < -0.39 is 0 Å². The number of rotatable bonds is 5. The number of hydrogen-bond donors (Lipinski definition) is 1. The van der Waals surface area contributed by atoms with Crippen molar-refractivity contribution in [3.8, 4) is 0 Å². The third-order valence-electron chi connectivity index (χ3n) is 2.06. The highest BCUT2D eigenvalue weighted by Gasteiger charge is 2.01. The molecule has 0 fully saturated rings. The van der Waals surface area contributed by atoms with Gasteiger partial charge in [0.2, 0.25) is 0 Å². The number of nitrogens with one attached hydrogen (secondary N) is 1. The summed E-state index contributed by atoms with van der Waals surface area (Å²) in [5.41, 5.74) is 1.36. The highest BCUT2D eigenvalue weighted by atomic mass is 79.9. The lowest BCUT2D eigenvalue weighted by Crippen LogP contribution is -2.19. The van der Waals surface area contributed by atoms with Crippen LogP contribution in [0.1, 0.15) is 24.9 Å². The van der Waals surface area contributed by atoms with Gasteiger partial charge in [0.1, 0.15) is 0 Å². The third-order valence-corrected chi connectivity index (χ3v) is 2.62. The first-order valence-electron chi connectivity index (χ1n) is 4.69. The van der Waals surface area contributed by atoms with Crippen LogP contribution in [0.5, 0.6) is 0 Å². The minimum Gasteiger partial charge on any atom is -0.310 e. The minimum absolute atomic E-state index is 0.459. The average Bonchev–Trinajstić information content (AvgIpc) is 2.19. The second-order valence-electron chi connectivity index (χ2n) is 3.13. The Labute approximate surface area is 88.7 Å². The van der Waals surface area contributed by atoms with E-state index in [-0.39, 0.29) is 0 Å². The number of hydrogen-bond acceptors (Lipinski definition) is 1. The van der Waals surface area contributed by atoms with Crippen LogP contribution in [0.15, 0.2) is 30.3 Å². The molecule has 1 aromatic carbocycles. The Hall–Kier alpha value is -0.340. The fraction of sp³-hybridized carbons (Fsp3) is 0.455. The SMILES string of the molecule is C[C@@H](NCCCBr)c1ccccc1. The van der Waals surface area contributed by atoms with Crippen LogP contribution in [0, 0.1) is 0 Å². The van der Waals surface area contributed by atoms with E-state index in [2.05, 4.69) is 58.5 Å². The van der Waals surface area contributed by atoms with Crippen LogP contribution >= 0.6 is 15.9 Å². The maximum absolute atomic E-state index is 3.47. The monoisotopic (exact) mass is 241 g/mol. The topological polar surface area (TPSA) is 12.0 Å². The molecular formula is C11H16BrN. The average molecular weight is 242 g/mol. The van der Waals surface area contributed by atoms with Crippen molar-refractivity contribution in [2.45, 2.75) is 19.4 Å². The molecule has 72 valence electrons. The molecule has 0 aliphatic rings. The molecule has 0 saturated heterocycles. The van der Waals surface area contributed by atoms with E-state index in [0.717, 1.165) is 11.9 Å². The molecule has 0 heterocycles. The van der Waals surface area contributed by atoms with E-state index in [0.29, 0.717) is 6.04 Å². The number of benzene rings is 1. The van der Waals surface area contributed by atoms with Gasteiger partial charge in [-0.3, -0.25) is 0 Å². The molecule has 1 atom stereocenters. The normalized spacial score (nSPS) is 12.8. The van der Waals surface area contributed by atoms with Gasteiger partial charge in [-0.25, -0.2) is 0 Å². The molecule has 0 bridgehead atoms. The van der Waals surface area contributed by atoms with Crippen LogP contribution in [-0.2, 0) is 0 Å². The van der Waals surface area contributed by atoms with Crippen molar-refractivity contribution in [2.24, 2.45) is 0 Å². The molecule has 2 heteroatoms. The molecule has 1 N–H and O–H groups in total. The van der Waals surface area contributed by atoms with Gasteiger partial charge in [0.25, 0.3) is 0 Å². The maximum Gasteiger partial charge on any atom is 0.0291 e. The Balaban J connectivity index is 2.35. The molecule has 0 unspecified atom stereocenters. The largest absolute Gasteiger partial charge is 0.310 e. The highest BCUT2D eigenvalue weighted by Crippen LogP contribution is 2.10. The Morgan fingerprint density at radius 1 is 1.31 bits per heavy atom. The Morgan fingerprint density at radius 3 is 2.62 bits per heavy atom. The van der Waals surface area contributed by atoms with Gasteiger partial charge in [-0.05, 0) is 25.5 Å². The van der Waals surface area contributed by atoms with Crippen molar-refractivity contribution in [1.29, 1.82) is 0 Å². The second-order valence-corrected chi connectivity index (χ2v) is 3.92. The van der Waals surface area contributed by atoms with Gasteiger partial charge in [0.05, 0.1) is 0 Å². The lowest BCUT2D eigenvalue weighted by atomic mass is 10.1. The quantitative estimate of drug-likeness (QED) is 0.618. The fourth-order valence-corrected chi connectivity index (χ4v) is 1.53. The highest BCUT2D eigenvalue weighted by molar-refractivity contribution is 9.09. The molecule has 0 spiro atoms. The second kappa shape index (κ2) is 6.17. The zero-order valence-corrected chi connectivity index (χ0v) is 9.55. The Kier molecular flexibility index (Phi) is 5.09. The molecule has 0 radical (unpaired) electrons. The summed E-state index contributed by atoms with van der Waals surface area (Å²) in [5, 5.41) is 4.54. The minimum atomic E-state index is 0.459. The van der Waals surface area contributed by atoms with Gasteiger partial charge in [-0.1, -0.05) is 46.3 Å². The molecule has 13 heavy (non-hydrogen) atoms. The van der Waals surface area contributed by atoms with Crippen LogP contribution in [-0.4, -0.2) is 11.9 Å². The van der Waals surface area contributed by atoms with Gasteiger partial charge >= 0.3 is 0 Å². The maximum atomic E-state index is 3.47. The summed E-state index contributed by atoms with van der Waals surface area (Å²) in [6, 6.07) is 11.0. The molecule has 0 amide bonds. The van der Waals surface area contributed by atoms with E-state index in [1.54, 1.807) is 0 Å². The summed E-state index contributed by atoms with van der Waals surface area (Å²) in [6.07, 6.45) is 1.18. The predicted octanol–water partition coefficient (Wildman–Crippen LogP) is 3.12. The predicted molar refractivity (Wildman–Crippen MR) is 61.3 cm³/mol. The summed E-state index contributed by atoms with van der Waals surface area (Å²) in [7, 11) is 0. The lowest BCUT2D eigenvalue weighted by molar-refractivity contribution is 0.573. The summed E-state index contributed by atoms with van der Waals surface area (Å²) in [6.45, 7) is 3.27. The molecule has 1 aromatic rings. The van der Waals surface area contributed by atoms with Gasteiger partial charge in [0, 0.05) is 11.4 Å². The molecule has 0 aromatic heterocycles. The van der Waals surface area contributed by atoms with Crippen LogP contribution in [0.4, 0.5) is 0 Å². The third kappa shape index (κ3) is 3.92. The standard InChI is InChI=1S/C11H16BrN/c1-10(13-9-5-8-12)11-6-3-2-4-7-11/h2-4,6-7,10,13H,5,8-9H2,1H3/t10-/m1/s1. The molecule has 0 saturated carbocycles. The van der Waals surface area contributed by atoms with E-state index >= 15 is 0 Å². The van der Waals surface area contributed by atoms with Crippen LogP contribution in [0.25, 0.3) is 0 Å².